The van der Waals surface area contributed by atoms with Gasteiger partial charge in [0.1, 0.15) is 0 Å². The molecular weight excluding hydrogens is 236 g/mol. The van der Waals surface area contributed by atoms with E-state index in [-0.39, 0.29) is 17.1 Å². The Labute approximate surface area is 106 Å². The highest BCUT2D eigenvalue weighted by Crippen LogP contribution is 2.40. The molecule has 18 heavy (non-hydrogen) atoms. The predicted octanol–water partition coefficient (Wildman–Crippen LogP) is 3.39. The molecule has 0 spiro atoms. The molecule has 1 fully saturated rings. The molecule has 0 atom stereocenters. The average molecular weight is 255 g/mol. The largest absolute Gasteiger partial charge is 0.368 e. The van der Waals surface area contributed by atoms with E-state index in [1.165, 1.54) is 6.42 Å². The molecular formula is C13H19F2N3. The molecule has 5 heteroatoms. The number of rotatable bonds is 5. The number of aromatic nitrogens is 1. The zero-order valence-corrected chi connectivity index (χ0v) is 10.8. The van der Waals surface area contributed by atoms with Gasteiger partial charge in [0.2, 0.25) is 0 Å². The van der Waals surface area contributed by atoms with Crippen molar-refractivity contribution in [2.45, 2.75) is 33.1 Å². The Morgan fingerprint density at radius 1 is 1.22 bits per heavy atom. The molecule has 100 valence electrons. The van der Waals surface area contributed by atoms with E-state index in [0.717, 1.165) is 18.9 Å². The van der Waals surface area contributed by atoms with Crippen molar-refractivity contribution in [3.63, 3.8) is 0 Å². The first-order valence-corrected chi connectivity index (χ1v) is 6.38. The van der Waals surface area contributed by atoms with Gasteiger partial charge in [-0.2, -0.15) is 0 Å². The van der Waals surface area contributed by atoms with Crippen molar-refractivity contribution >= 4 is 11.6 Å². The molecule has 1 aromatic rings. The third kappa shape index (κ3) is 2.71. The van der Waals surface area contributed by atoms with E-state index in [2.05, 4.69) is 22.5 Å². The molecule has 3 nitrogen and oxygen atoms in total. The summed E-state index contributed by atoms with van der Waals surface area (Å²) in [6.45, 7) is 5.23. The normalized spacial score (nSPS) is 17.1. The quantitative estimate of drug-likeness (QED) is 0.846. The predicted molar refractivity (Wildman–Crippen MR) is 68.8 cm³/mol. The minimum atomic E-state index is -0.658. The first kappa shape index (κ1) is 13.1. The SMILES string of the molecule is CCNc1nc(NCC2(C)CCC2)c(F)cc1F. The fraction of sp³-hybridized carbons (Fsp3) is 0.615. The topological polar surface area (TPSA) is 37.0 Å². The van der Waals surface area contributed by atoms with Crippen LogP contribution < -0.4 is 10.6 Å². The number of pyridine rings is 1. The van der Waals surface area contributed by atoms with Crippen LogP contribution in [-0.2, 0) is 0 Å². The zero-order chi connectivity index (χ0) is 13.2. The summed E-state index contributed by atoms with van der Waals surface area (Å²) >= 11 is 0. The van der Waals surface area contributed by atoms with Crippen LogP contribution in [-0.4, -0.2) is 18.1 Å². The van der Waals surface area contributed by atoms with E-state index in [1.54, 1.807) is 0 Å². The lowest BCUT2D eigenvalue weighted by Gasteiger charge is -2.38. The Balaban J connectivity index is 2.08. The lowest BCUT2D eigenvalue weighted by atomic mass is 9.70. The van der Waals surface area contributed by atoms with Gasteiger partial charge < -0.3 is 10.6 Å². The highest BCUT2D eigenvalue weighted by Gasteiger charge is 2.31. The molecule has 1 saturated carbocycles. The van der Waals surface area contributed by atoms with Crippen LogP contribution in [0.4, 0.5) is 20.4 Å². The first-order valence-electron chi connectivity index (χ1n) is 6.38. The average Bonchev–Trinajstić information content (AvgIpc) is 2.29. The molecule has 1 aliphatic rings. The Bertz CT molecular complexity index is 430. The van der Waals surface area contributed by atoms with Crippen molar-refractivity contribution < 1.29 is 8.78 Å². The monoisotopic (exact) mass is 255 g/mol. The summed E-state index contributed by atoms with van der Waals surface area (Å²) in [4.78, 5) is 3.95. The van der Waals surface area contributed by atoms with E-state index in [1.807, 2.05) is 6.92 Å². The van der Waals surface area contributed by atoms with Crippen molar-refractivity contribution in [3.8, 4) is 0 Å². The highest BCUT2D eigenvalue weighted by atomic mass is 19.1. The maximum atomic E-state index is 13.6. The molecule has 1 aromatic heterocycles. The molecule has 1 heterocycles. The summed E-state index contributed by atoms with van der Waals surface area (Å²) in [6, 6.07) is 0.871. The van der Waals surface area contributed by atoms with E-state index in [4.69, 9.17) is 0 Å². The van der Waals surface area contributed by atoms with Gasteiger partial charge in [-0.3, -0.25) is 0 Å². The maximum Gasteiger partial charge on any atom is 0.168 e. The van der Waals surface area contributed by atoms with Gasteiger partial charge in [0.05, 0.1) is 0 Å². The van der Waals surface area contributed by atoms with Crippen molar-refractivity contribution in [3.05, 3.63) is 17.7 Å². The standard InChI is InChI=1S/C13H19F2N3/c1-3-16-11-9(14)7-10(15)12(18-11)17-8-13(2)5-4-6-13/h7H,3-6,8H2,1-2H3,(H2,16,17,18). The lowest BCUT2D eigenvalue weighted by Crippen LogP contribution is -2.33. The van der Waals surface area contributed by atoms with E-state index >= 15 is 0 Å². The van der Waals surface area contributed by atoms with Gasteiger partial charge in [0.15, 0.2) is 23.3 Å². The number of nitrogens with zero attached hydrogens (tertiary/aromatic N) is 1. The van der Waals surface area contributed by atoms with Crippen LogP contribution in [0.3, 0.4) is 0 Å². The molecule has 0 bridgehead atoms. The molecule has 0 aliphatic heterocycles. The first-order chi connectivity index (χ1) is 8.54. The van der Waals surface area contributed by atoms with Gasteiger partial charge in [-0.15, -0.1) is 0 Å². The summed E-state index contributed by atoms with van der Waals surface area (Å²) in [5.74, 6) is -1.08. The smallest absolute Gasteiger partial charge is 0.168 e. The molecule has 0 aromatic carbocycles. The van der Waals surface area contributed by atoms with Crippen molar-refractivity contribution in [1.29, 1.82) is 0 Å². The highest BCUT2D eigenvalue weighted by molar-refractivity contribution is 5.47. The van der Waals surface area contributed by atoms with Crippen LogP contribution in [0, 0.1) is 17.0 Å². The molecule has 1 aliphatic carbocycles. The van der Waals surface area contributed by atoms with Crippen LogP contribution in [0.2, 0.25) is 0 Å². The van der Waals surface area contributed by atoms with Gasteiger partial charge in [-0.25, -0.2) is 13.8 Å². The zero-order valence-electron chi connectivity index (χ0n) is 10.8. The molecule has 2 rings (SSSR count). The second kappa shape index (κ2) is 5.08. The number of hydrogen-bond acceptors (Lipinski definition) is 3. The molecule has 0 amide bonds. The van der Waals surface area contributed by atoms with Gasteiger partial charge in [-0.1, -0.05) is 13.3 Å². The number of anilines is 2. The Morgan fingerprint density at radius 2 is 1.83 bits per heavy atom. The fourth-order valence-corrected chi connectivity index (χ4v) is 2.14. The second-order valence-electron chi connectivity index (χ2n) is 5.20. The second-order valence-corrected chi connectivity index (χ2v) is 5.20. The lowest BCUT2D eigenvalue weighted by molar-refractivity contribution is 0.179. The maximum absolute atomic E-state index is 13.6. The third-order valence-electron chi connectivity index (χ3n) is 3.52. The Morgan fingerprint density at radius 3 is 2.33 bits per heavy atom. The Hall–Kier alpha value is -1.39. The Kier molecular flexibility index (Phi) is 3.68. The van der Waals surface area contributed by atoms with Crippen LogP contribution in [0.15, 0.2) is 6.07 Å². The third-order valence-corrected chi connectivity index (χ3v) is 3.52. The van der Waals surface area contributed by atoms with Crippen LogP contribution in [0.25, 0.3) is 0 Å². The molecule has 0 saturated heterocycles. The number of halogens is 2. The van der Waals surface area contributed by atoms with Crippen molar-refractivity contribution in [2.24, 2.45) is 5.41 Å². The van der Waals surface area contributed by atoms with Crippen LogP contribution in [0.1, 0.15) is 33.1 Å². The van der Waals surface area contributed by atoms with Crippen molar-refractivity contribution in [2.75, 3.05) is 23.7 Å². The van der Waals surface area contributed by atoms with Gasteiger partial charge in [0.25, 0.3) is 0 Å². The summed E-state index contributed by atoms with van der Waals surface area (Å²) in [6.07, 6.45) is 3.51. The van der Waals surface area contributed by atoms with Crippen LogP contribution >= 0.6 is 0 Å². The summed E-state index contributed by atoms with van der Waals surface area (Å²) < 4.78 is 27.0. The van der Waals surface area contributed by atoms with Gasteiger partial charge in [0, 0.05) is 19.2 Å². The number of nitrogens with one attached hydrogen (secondary N) is 2. The van der Waals surface area contributed by atoms with Gasteiger partial charge in [-0.05, 0) is 25.2 Å². The van der Waals surface area contributed by atoms with Gasteiger partial charge >= 0.3 is 0 Å². The molecule has 0 radical (unpaired) electrons. The summed E-state index contributed by atoms with van der Waals surface area (Å²) in [7, 11) is 0. The minimum absolute atomic E-state index is 0.0974. The fourth-order valence-electron chi connectivity index (χ4n) is 2.14. The molecule has 2 N–H and O–H groups in total. The number of hydrogen-bond donors (Lipinski definition) is 2. The van der Waals surface area contributed by atoms with Crippen molar-refractivity contribution in [1.82, 2.24) is 4.98 Å². The van der Waals surface area contributed by atoms with E-state index < -0.39 is 11.6 Å². The summed E-state index contributed by atoms with van der Waals surface area (Å²) in [5.41, 5.74) is 0.223. The van der Waals surface area contributed by atoms with E-state index in [9.17, 15) is 8.78 Å². The summed E-state index contributed by atoms with van der Waals surface area (Å²) in [5, 5.41) is 5.76. The molecule has 0 unspecified atom stereocenters. The minimum Gasteiger partial charge on any atom is -0.368 e. The van der Waals surface area contributed by atoms with E-state index in [0.29, 0.717) is 13.1 Å². The van der Waals surface area contributed by atoms with Crippen LogP contribution in [0.5, 0.6) is 0 Å².